The van der Waals surface area contributed by atoms with Crippen LogP contribution in [0.4, 0.5) is 0 Å². The van der Waals surface area contributed by atoms with E-state index < -0.39 is 10.0 Å². The molecule has 1 spiro atoms. The molecule has 0 aromatic heterocycles. The third-order valence-electron chi connectivity index (χ3n) is 4.29. The SMILES string of the molecule is CN1CC[C@]2(C[C@@H](NS(=O)(=O)C3CC3)CCO2)C1. The topological polar surface area (TPSA) is 58.6 Å². The molecule has 6 heteroatoms. The molecular weight excluding hydrogens is 252 g/mol. The standard InChI is InChI=1S/C12H22N2O3S/c1-14-6-5-12(9-14)8-10(4-7-17-12)13-18(15,16)11-2-3-11/h10-11,13H,2-9H2,1H3/t10-,12-/m0/s1. The number of nitrogens with one attached hydrogen (secondary N) is 1. The van der Waals surface area contributed by atoms with E-state index in [-0.39, 0.29) is 16.9 Å². The van der Waals surface area contributed by atoms with Crippen molar-refractivity contribution in [3.05, 3.63) is 0 Å². The van der Waals surface area contributed by atoms with E-state index in [1.165, 1.54) is 0 Å². The first-order chi connectivity index (χ1) is 8.49. The highest BCUT2D eigenvalue weighted by molar-refractivity contribution is 7.90. The van der Waals surface area contributed by atoms with Gasteiger partial charge < -0.3 is 9.64 Å². The van der Waals surface area contributed by atoms with Crippen LogP contribution < -0.4 is 4.72 Å². The Kier molecular flexibility index (Phi) is 3.17. The van der Waals surface area contributed by atoms with Gasteiger partial charge in [0.2, 0.25) is 10.0 Å². The van der Waals surface area contributed by atoms with E-state index >= 15 is 0 Å². The number of likely N-dealkylation sites (tertiary alicyclic amines) is 1. The number of nitrogens with zero attached hydrogens (tertiary/aromatic N) is 1. The maximum Gasteiger partial charge on any atom is 0.214 e. The Morgan fingerprint density at radius 2 is 2.11 bits per heavy atom. The number of likely N-dealkylation sites (N-methyl/N-ethyl adjacent to an activating group) is 1. The molecule has 1 saturated carbocycles. The number of rotatable bonds is 3. The molecule has 2 atom stereocenters. The van der Waals surface area contributed by atoms with Gasteiger partial charge in [-0.2, -0.15) is 0 Å². The quantitative estimate of drug-likeness (QED) is 0.805. The normalized spacial score (nSPS) is 38.4. The molecule has 3 rings (SSSR count). The van der Waals surface area contributed by atoms with E-state index in [9.17, 15) is 8.42 Å². The molecule has 18 heavy (non-hydrogen) atoms. The molecule has 0 amide bonds. The molecule has 1 N–H and O–H groups in total. The summed E-state index contributed by atoms with van der Waals surface area (Å²) in [6.07, 6.45) is 4.30. The molecule has 0 aromatic rings. The fourth-order valence-corrected chi connectivity index (χ4v) is 4.78. The molecule has 2 heterocycles. The third kappa shape index (κ3) is 2.57. The lowest BCUT2D eigenvalue weighted by atomic mass is 9.90. The van der Waals surface area contributed by atoms with Gasteiger partial charge >= 0.3 is 0 Å². The largest absolute Gasteiger partial charge is 0.373 e. The zero-order valence-electron chi connectivity index (χ0n) is 10.9. The van der Waals surface area contributed by atoms with E-state index in [4.69, 9.17) is 4.74 Å². The predicted octanol–water partition coefficient (Wildman–Crippen LogP) is 0.322. The summed E-state index contributed by atoms with van der Waals surface area (Å²) in [6.45, 7) is 2.64. The Hall–Kier alpha value is -0.170. The van der Waals surface area contributed by atoms with Crippen molar-refractivity contribution in [3.63, 3.8) is 0 Å². The molecule has 3 aliphatic rings. The Labute approximate surface area is 109 Å². The van der Waals surface area contributed by atoms with Crippen LogP contribution >= 0.6 is 0 Å². The molecule has 104 valence electrons. The van der Waals surface area contributed by atoms with Crippen molar-refractivity contribution in [2.24, 2.45) is 0 Å². The van der Waals surface area contributed by atoms with Gasteiger partial charge in [-0.3, -0.25) is 0 Å². The van der Waals surface area contributed by atoms with E-state index in [2.05, 4.69) is 16.7 Å². The van der Waals surface area contributed by atoms with Crippen molar-refractivity contribution in [1.82, 2.24) is 9.62 Å². The fraction of sp³-hybridized carbons (Fsp3) is 1.00. The van der Waals surface area contributed by atoms with Gasteiger partial charge in [0.15, 0.2) is 0 Å². The van der Waals surface area contributed by atoms with Gasteiger partial charge in [-0.15, -0.1) is 0 Å². The van der Waals surface area contributed by atoms with Crippen molar-refractivity contribution >= 4 is 10.0 Å². The molecule has 3 fully saturated rings. The van der Waals surface area contributed by atoms with E-state index in [1.54, 1.807) is 0 Å². The second kappa shape index (κ2) is 4.44. The Morgan fingerprint density at radius 3 is 2.72 bits per heavy atom. The first-order valence-corrected chi connectivity index (χ1v) is 8.37. The Bertz CT molecular complexity index is 417. The zero-order chi connectivity index (χ0) is 12.8. The summed E-state index contributed by atoms with van der Waals surface area (Å²) in [4.78, 5) is 2.26. The van der Waals surface area contributed by atoms with Gasteiger partial charge in [-0.05, 0) is 39.2 Å². The van der Waals surface area contributed by atoms with Crippen molar-refractivity contribution in [1.29, 1.82) is 0 Å². The summed E-state index contributed by atoms with van der Waals surface area (Å²) >= 11 is 0. The maximum absolute atomic E-state index is 12.0. The van der Waals surface area contributed by atoms with E-state index in [0.29, 0.717) is 6.61 Å². The third-order valence-corrected chi connectivity index (χ3v) is 6.31. The highest BCUT2D eigenvalue weighted by atomic mass is 32.2. The number of hydrogen-bond donors (Lipinski definition) is 1. The Morgan fingerprint density at radius 1 is 1.33 bits per heavy atom. The number of sulfonamides is 1. The van der Waals surface area contributed by atoms with Crippen LogP contribution in [0.3, 0.4) is 0 Å². The summed E-state index contributed by atoms with van der Waals surface area (Å²) in [5.41, 5.74) is -0.107. The van der Waals surface area contributed by atoms with E-state index in [0.717, 1.165) is 45.2 Å². The average Bonchev–Trinajstić information content (AvgIpc) is 3.06. The highest BCUT2D eigenvalue weighted by Crippen LogP contribution is 2.35. The van der Waals surface area contributed by atoms with Gasteiger partial charge in [-0.25, -0.2) is 13.1 Å². The minimum atomic E-state index is -3.07. The first kappa shape index (κ1) is 12.8. The molecular formula is C12H22N2O3S. The Balaban J connectivity index is 1.64. The van der Waals surface area contributed by atoms with E-state index in [1.807, 2.05) is 0 Å². The lowest BCUT2D eigenvalue weighted by Gasteiger charge is -2.38. The molecule has 1 aliphatic carbocycles. The van der Waals surface area contributed by atoms with Crippen LogP contribution in [0, 0.1) is 0 Å². The predicted molar refractivity (Wildman–Crippen MR) is 68.9 cm³/mol. The molecule has 2 aliphatic heterocycles. The van der Waals surface area contributed by atoms with Crippen LogP contribution in [-0.4, -0.2) is 57.0 Å². The van der Waals surface area contributed by atoms with Gasteiger partial charge in [0.25, 0.3) is 0 Å². The monoisotopic (exact) mass is 274 g/mol. The summed E-state index contributed by atoms with van der Waals surface area (Å²) < 4.78 is 32.8. The molecule has 5 nitrogen and oxygen atoms in total. The highest BCUT2D eigenvalue weighted by Gasteiger charge is 2.44. The minimum Gasteiger partial charge on any atom is -0.373 e. The molecule has 0 aromatic carbocycles. The van der Waals surface area contributed by atoms with Crippen molar-refractivity contribution < 1.29 is 13.2 Å². The van der Waals surface area contributed by atoms with Crippen LogP contribution in [0.1, 0.15) is 32.1 Å². The molecule has 0 bridgehead atoms. The van der Waals surface area contributed by atoms with Crippen molar-refractivity contribution in [2.75, 3.05) is 26.7 Å². The van der Waals surface area contributed by atoms with Crippen LogP contribution in [0.25, 0.3) is 0 Å². The summed E-state index contributed by atoms with van der Waals surface area (Å²) in [5, 5.41) is -0.123. The second-order valence-corrected chi connectivity index (χ2v) is 8.06. The fourth-order valence-electron chi connectivity index (χ4n) is 3.16. The molecule has 0 unspecified atom stereocenters. The van der Waals surface area contributed by atoms with Gasteiger partial charge in [0, 0.05) is 25.7 Å². The van der Waals surface area contributed by atoms with Crippen LogP contribution in [0.15, 0.2) is 0 Å². The molecule has 2 saturated heterocycles. The van der Waals surface area contributed by atoms with Crippen molar-refractivity contribution in [2.45, 2.75) is 49.0 Å². The smallest absolute Gasteiger partial charge is 0.214 e. The van der Waals surface area contributed by atoms with Crippen molar-refractivity contribution in [3.8, 4) is 0 Å². The summed E-state index contributed by atoms with van der Waals surface area (Å²) in [5.74, 6) is 0. The summed E-state index contributed by atoms with van der Waals surface area (Å²) in [6, 6.07) is 0.0656. The molecule has 0 radical (unpaired) electrons. The summed E-state index contributed by atoms with van der Waals surface area (Å²) in [7, 11) is -0.972. The zero-order valence-corrected chi connectivity index (χ0v) is 11.7. The second-order valence-electron chi connectivity index (χ2n) is 6.07. The maximum atomic E-state index is 12.0. The first-order valence-electron chi connectivity index (χ1n) is 6.83. The average molecular weight is 274 g/mol. The number of ether oxygens (including phenoxy) is 1. The minimum absolute atomic E-state index is 0.0656. The lowest BCUT2D eigenvalue weighted by Crippen LogP contribution is -2.50. The van der Waals surface area contributed by atoms with Crippen LogP contribution in [0.2, 0.25) is 0 Å². The number of hydrogen-bond acceptors (Lipinski definition) is 4. The van der Waals surface area contributed by atoms with Gasteiger partial charge in [0.1, 0.15) is 0 Å². The van der Waals surface area contributed by atoms with Gasteiger partial charge in [0.05, 0.1) is 10.9 Å². The van der Waals surface area contributed by atoms with Gasteiger partial charge in [-0.1, -0.05) is 0 Å². The lowest BCUT2D eigenvalue weighted by molar-refractivity contribution is -0.0766. The van der Waals surface area contributed by atoms with Crippen LogP contribution in [-0.2, 0) is 14.8 Å². The van der Waals surface area contributed by atoms with Crippen LogP contribution in [0.5, 0.6) is 0 Å².